The van der Waals surface area contributed by atoms with Gasteiger partial charge < -0.3 is 9.80 Å². The van der Waals surface area contributed by atoms with E-state index < -0.39 is 0 Å². The Labute approximate surface area is 153 Å². The maximum atomic E-state index is 12.5. The summed E-state index contributed by atoms with van der Waals surface area (Å²) >= 11 is 0. The minimum Gasteiger partial charge on any atom is -0.353 e. The Morgan fingerprint density at radius 2 is 1.88 bits per heavy atom. The van der Waals surface area contributed by atoms with Crippen molar-refractivity contribution in [3.63, 3.8) is 0 Å². The van der Waals surface area contributed by atoms with Crippen molar-refractivity contribution in [2.45, 2.75) is 13.8 Å². The number of nitrogens with zero attached hydrogens (tertiary/aromatic N) is 4. The highest BCUT2D eigenvalue weighted by molar-refractivity contribution is 5.95. The van der Waals surface area contributed by atoms with E-state index in [-0.39, 0.29) is 5.91 Å². The molecular formula is C20H22N4O2. The number of rotatable bonds is 3. The number of carbonyl (C=O) groups excluding carboxylic acids is 2. The van der Waals surface area contributed by atoms with Gasteiger partial charge in [-0.05, 0) is 24.3 Å². The second kappa shape index (κ2) is 9.33. The van der Waals surface area contributed by atoms with E-state index >= 15 is 0 Å². The Balaban J connectivity index is 0.00000117. The van der Waals surface area contributed by atoms with Crippen LogP contribution in [0, 0.1) is 11.3 Å². The lowest BCUT2D eigenvalue weighted by Crippen LogP contribution is -2.49. The van der Waals surface area contributed by atoms with Gasteiger partial charge in [0.25, 0.3) is 5.91 Å². The van der Waals surface area contributed by atoms with Crippen molar-refractivity contribution in [3.05, 3.63) is 59.3 Å². The van der Waals surface area contributed by atoms with Gasteiger partial charge in [-0.25, -0.2) is 4.98 Å². The Morgan fingerprint density at radius 3 is 2.46 bits per heavy atom. The fraction of sp³-hybridized carbons (Fsp3) is 0.300. The normalized spacial score (nSPS) is 13.3. The predicted octanol–water partition coefficient (Wildman–Crippen LogP) is 2.75. The van der Waals surface area contributed by atoms with Crippen LogP contribution in [-0.2, 0) is 0 Å². The van der Waals surface area contributed by atoms with Crippen molar-refractivity contribution >= 4 is 18.0 Å². The van der Waals surface area contributed by atoms with Gasteiger partial charge in [0.2, 0.25) is 0 Å². The molecule has 0 aliphatic carbocycles. The zero-order valence-corrected chi connectivity index (χ0v) is 15.1. The summed E-state index contributed by atoms with van der Waals surface area (Å²) in [7, 11) is 0. The number of nitriles is 1. The van der Waals surface area contributed by atoms with E-state index in [4.69, 9.17) is 5.26 Å². The molecule has 2 aromatic rings. The third-order valence-corrected chi connectivity index (χ3v) is 4.04. The number of carbonyl (C=O) groups is 2. The van der Waals surface area contributed by atoms with Crippen LogP contribution >= 0.6 is 0 Å². The fourth-order valence-electron chi connectivity index (χ4n) is 2.71. The van der Waals surface area contributed by atoms with Gasteiger partial charge in [-0.3, -0.25) is 9.59 Å². The minimum absolute atomic E-state index is 0.0638. The average Bonchev–Trinajstić information content (AvgIpc) is 2.75. The van der Waals surface area contributed by atoms with Crippen LogP contribution in [0.15, 0.2) is 42.6 Å². The third-order valence-electron chi connectivity index (χ3n) is 4.04. The Hall–Kier alpha value is -3.20. The molecule has 0 saturated carbocycles. The molecule has 1 aliphatic heterocycles. The molecular weight excluding hydrogens is 328 g/mol. The lowest BCUT2D eigenvalue weighted by molar-refractivity contribution is 0.0746. The number of benzene rings is 1. The molecule has 26 heavy (non-hydrogen) atoms. The molecule has 1 aliphatic rings. The molecule has 0 unspecified atom stereocenters. The number of piperazine rings is 1. The van der Waals surface area contributed by atoms with Crippen molar-refractivity contribution in [2.24, 2.45) is 0 Å². The molecule has 0 spiro atoms. The van der Waals surface area contributed by atoms with Gasteiger partial charge >= 0.3 is 0 Å². The van der Waals surface area contributed by atoms with Gasteiger partial charge in [0.1, 0.15) is 18.2 Å². The first-order valence-electron chi connectivity index (χ1n) is 8.67. The van der Waals surface area contributed by atoms with E-state index in [0.29, 0.717) is 42.9 Å². The number of aldehydes is 1. The number of hydrogen-bond acceptors (Lipinski definition) is 5. The van der Waals surface area contributed by atoms with Gasteiger partial charge in [0, 0.05) is 43.5 Å². The first kappa shape index (κ1) is 19.1. The van der Waals surface area contributed by atoms with Crippen molar-refractivity contribution in [1.82, 2.24) is 9.88 Å². The maximum Gasteiger partial charge on any atom is 0.253 e. The van der Waals surface area contributed by atoms with E-state index in [2.05, 4.69) is 9.88 Å². The van der Waals surface area contributed by atoms with Crippen LogP contribution in [0.2, 0.25) is 0 Å². The topological polar surface area (TPSA) is 77.3 Å². The molecule has 0 bridgehead atoms. The van der Waals surface area contributed by atoms with Crippen LogP contribution in [0.1, 0.15) is 40.1 Å². The fourth-order valence-corrected chi connectivity index (χ4v) is 2.71. The van der Waals surface area contributed by atoms with E-state index in [1.165, 1.54) is 0 Å². The van der Waals surface area contributed by atoms with Crippen molar-refractivity contribution in [3.8, 4) is 6.07 Å². The van der Waals surface area contributed by atoms with Crippen LogP contribution in [-0.4, -0.2) is 48.3 Å². The highest BCUT2D eigenvalue weighted by atomic mass is 16.2. The smallest absolute Gasteiger partial charge is 0.253 e. The van der Waals surface area contributed by atoms with Crippen molar-refractivity contribution < 1.29 is 9.59 Å². The summed E-state index contributed by atoms with van der Waals surface area (Å²) in [4.78, 5) is 31.5. The summed E-state index contributed by atoms with van der Waals surface area (Å²) in [6.07, 6.45) is 2.29. The Kier molecular flexibility index (Phi) is 6.86. The monoisotopic (exact) mass is 350 g/mol. The molecule has 3 rings (SSSR count). The van der Waals surface area contributed by atoms with Gasteiger partial charge in [0.05, 0.1) is 5.56 Å². The van der Waals surface area contributed by atoms with Gasteiger partial charge in [-0.1, -0.05) is 26.0 Å². The summed E-state index contributed by atoms with van der Waals surface area (Å²) in [6.45, 7) is 6.54. The second-order valence-corrected chi connectivity index (χ2v) is 5.54. The zero-order chi connectivity index (χ0) is 18.9. The van der Waals surface area contributed by atoms with E-state index in [1.807, 2.05) is 26.0 Å². The largest absolute Gasteiger partial charge is 0.353 e. The SMILES string of the molecule is CC.N#Cc1ccc(N2CCN(C(=O)c3cccc(C=O)c3)CC2)nc1. The molecule has 1 fully saturated rings. The summed E-state index contributed by atoms with van der Waals surface area (Å²) in [5, 5.41) is 8.81. The molecule has 134 valence electrons. The Morgan fingerprint density at radius 1 is 1.15 bits per heavy atom. The molecule has 0 radical (unpaired) electrons. The number of hydrogen-bond donors (Lipinski definition) is 0. The molecule has 6 nitrogen and oxygen atoms in total. The third kappa shape index (κ3) is 4.45. The van der Waals surface area contributed by atoms with Crippen molar-refractivity contribution in [2.75, 3.05) is 31.1 Å². The summed E-state index contributed by atoms with van der Waals surface area (Å²) < 4.78 is 0. The summed E-state index contributed by atoms with van der Waals surface area (Å²) in [5.74, 6) is 0.746. The summed E-state index contributed by atoms with van der Waals surface area (Å²) in [5.41, 5.74) is 1.56. The number of amides is 1. The molecule has 2 heterocycles. The number of anilines is 1. The number of aromatic nitrogens is 1. The molecule has 1 amide bonds. The first-order chi connectivity index (χ1) is 12.7. The van der Waals surface area contributed by atoms with Gasteiger partial charge in [-0.15, -0.1) is 0 Å². The van der Waals surface area contributed by atoms with E-state index in [9.17, 15) is 9.59 Å². The summed E-state index contributed by atoms with van der Waals surface area (Å²) in [6, 6.07) is 12.3. The van der Waals surface area contributed by atoms with Crippen LogP contribution in [0.4, 0.5) is 5.82 Å². The lowest BCUT2D eigenvalue weighted by Gasteiger charge is -2.35. The maximum absolute atomic E-state index is 12.5. The van der Waals surface area contributed by atoms with Crippen LogP contribution in [0.25, 0.3) is 0 Å². The highest BCUT2D eigenvalue weighted by Gasteiger charge is 2.22. The van der Waals surface area contributed by atoms with Gasteiger partial charge in [-0.2, -0.15) is 5.26 Å². The minimum atomic E-state index is -0.0638. The number of pyridine rings is 1. The molecule has 0 atom stereocenters. The molecule has 1 aromatic carbocycles. The lowest BCUT2D eigenvalue weighted by atomic mass is 10.1. The Bertz CT molecular complexity index is 788. The standard InChI is InChI=1S/C18H16N4O2.C2H6/c19-11-15-4-5-17(20-12-15)21-6-8-22(9-7-21)18(24)16-3-1-2-14(10-16)13-23;1-2/h1-5,10,12-13H,6-9H2;1-2H3. The average molecular weight is 350 g/mol. The molecule has 6 heteroatoms. The quantitative estimate of drug-likeness (QED) is 0.796. The van der Waals surface area contributed by atoms with Crippen LogP contribution in [0.5, 0.6) is 0 Å². The zero-order valence-electron chi connectivity index (χ0n) is 15.1. The van der Waals surface area contributed by atoms with Crippen LogP contribution < -0.4 is 4.90 Å². The predicted molar refractivity (Wildman–Crippen MR) is 100 cm³/mol. The highest BCUT2D eigenvalue weighted by Crippen LogP contribution is 2.16. The molecule has 1 saturated heterocycles. The first-order valence-corrected chi connectivity index (χ1v) is 8.67. The van der Waals surface area contributed by atoms with Crippen molar-refractivity contribution in [1.29, 1.82) is 5.26 Å². The van der Waals surface area contributed by atoms with E-state index in [0.717, 1.165) is 12.1 Å². The molecule has 1 aromatic heterocycles. The second-order valence-electron chi connectivity index (χ2n) is 5.54. The molecule has 0 N–H and O–H groups in total. The van der Waals surface area contributed by atoms with Crippen LogP contribution in [0.3, 0.4) is 0 Å². The van der Waals surface area contributed by atoms with Gasteiger partial charge in [0.15, 0.2) is 0 Å². The van der Waals surface area contributed by atoms with E-state index in [1.54, 1.807) is 41.4 Å².